The van der Waals surface area contributed by atoms with Crippen LogP contribution in [0.15, 0.2) is 0 Å². The third kappa shape index (κ3) is 13.1. The van der Waals surface area contributed by atoms with Gasteiger partial charge in [0.05, 0.1) is 0 Å². The highest BCUT2D eigenvalue weighted by Gasteiger charge is 2.23. The third-order valence-corrected chi connectivity index (χ3v) is 4.34. The predicted octanol–water partition coefficient (Wildman–Crippen LogP) is 4.35. The molecular formula is C20H37NO6. The topological polar surface area (TPSA) is 102 Å². The van der Waals surface area contributed by atoms with Gasteiger partial charge in [-0.3, -0.25) is 9.59 Å². The number of carboxylic acid groups (broad SMARTS) is 1. The molecule has 0 unspecified atom stereocenters. The van der Waals surface area contributed by atoms with Crippen LogP contribution in [0.25, 0.3) is 0 Å². The van der Waals surface area contributed by atoms with E-state index in [2.05, 4.69) is 19.2 Å². The summed E-state index contributed by atoms with van der Waals surface area (Å²) in [5, 5.41) is 11.7. The number of carbonyl (C=O) groups excluding carboxylic acids is 2. The average Bonchev–Trinajstić information content (AvgIpc) is 2.58. The fraction of sp³-hybridized carbons (Fsp3) is 0.850. The van der Waals surface area contributed by atoms with Crippen molar-refractivity contribution in [2.24, 2.45) is 17.8 Å². The Bertz CT molecular complexity index is 452. The van der Waals surface area contributed by atoms with Crippen LogP contribution in [-0.2, 0) is 19.1 Å². The number of nitrogens with one attached hydrogen (secondary N) is 1. The lowest BCUT2D eigenvalue weighted by Crippen LogP contribution is -2.37. The number of aliphatic carboxylic acids is 1. The summed E-state index contributed by atoms with van der Waals surface area (Å²) < 4.78 is 10.3. The summed E-state index contributed by atoms with van der Waals surface area (Å²) in [7, 11) is 0. The molecule has 0 aliphatic rings. The minimum absolute atomic E-state index is 0.00315. The maximum atomic E-state index is 12.0. The van der Waals surface area contributed by atoms with Crippen molar-refractivity contribution in [1.82, 2.24) is 5.32 Å². The van der Waals surface area contributed by atoms with E-state index in [0.29, 0.717) is 5.92 Å². The zero-order valence-electron chi connectivity index (χ0n) is 17.5. The lowest BCUT2D eigenvalue weighted by molar-refractivity contribution is -0.174. The van der Waals surface area contributed by atoms with Crippen molar-refractivity contribution in [1.29, 1.82) is 0 Å². The molecule has 2 N–H and O–H groups in total. The minimum Gasteiger partial charge on any atom is -0.481 e. The number of rotatable bonds is 14. The molecule has 27 heavy (non-hydrogen) atoms. The van der Waals surface area contributed by atoms with Gasteiger partial charge in [-0.05, 0) is 18.3 Å². The summed E-state index contributed by atoms with van der Waals surface area (Å²) in [5.74, 6) is -1.27. The maximum absolute atomic E-state index is 12.0. The average molecular weight is 388 g/mol. The van der Waals surface area contributed by atoms with Gasteiger partial charge in [0.25, 0.3) is 6.29 Å². The Balaban J connectivity index is 4.54. The second-order valence-corrected chi connectivity index (χ2v) is 7.54. The number of carbonyl (C=O) groups is 3. The molecule has 0 radical (unpaired) electrons. The minimum atomic E-state index is -0.955. The summed E-state index contributed by atoms with van der Waals surface area (Å²) >= 11 is 0. The second-order valence-electron chi connectivity index (χ2n) is 7.54. The Kier molecular flexibility index (Phi) is 13.3. The molecule has 0 aromatic rings. The smallest absolute Gasteiger partial charge is 0.410 e. The molecule has 3 atom stereocenters. The highest BCUT2D eigenvalue weighted by atomic mass is 16.7. The van der Waals surface area contributed by atoms with E-state index in [1.807, 2.05) is 0 Å². The van der Waals surface area contributed by atoms with E-state index in [9.17, 15) is 14.4 Å². The van der Waals surface area contributed by atoms with E-state index in [0.717, 1.165) is 25.7 Å². The van der Waals surface area contributed by atoms with Gasteiger partial charge in [-0.1, -0.05) is 60.3 Å². The van der Waals surface area contributed by atoms with Crippen molar-refractivity contribution in [3.05, 3.63) is 0 Å². The maximum Gasteiger partial charge on any atom is 0.410 e. The molecule has 7 heteroatoms. The Morgan fingerprint density at radius 2 is 1.70 bits per heavy atom. The van der Waals surface area contributed by atoms with Crippen LogP contribution < -0.4 is 5.32 Å². The molecule has 158 valence electrons. The van der Waals surface area contributed by atoms with Crippen molar-refractivity contribution < 1.29 is 29.0 Å². The third-order valence-electron chi connectivity index (χ3n) is 4.34. The van der Waals surface area contributed by atoms with Crippen LogP contribution in [0, 0.1) is 17.8 Å². The van der Waals surface area contributed by atoms with E-state index in [4.69, 9.17) is 14.6 Å². The molecule has 1 amide bonds. The van der Waals surface area contributed by atoms with Gasteiger partial charge < -0.3 is 19.9 Å². The summed E-state index contributed by atoms with van der Waals surface area (Å²) in [6.45, 7) is 9.71. The number of carboxylic acids is 1. The van der Waals surface area contributed by atoms with Gasteiger partial charge >= 0.3 is 18.0 Å². The summed E-state index contributed by atoms with van der Waals surface area (Å²) in [6, 6.07) is 0. The number of unbranched alkanes of at least 4 members (excludes halogenated alkanes) is 2. The van der Waals surface area contributed by atoms with Crippen LogP contribution in [0.5, 0.6) is 0 Å². The molecule has 0 saturated carbocycles. The van der Waals surface area contributed by atoms with Gasteiger partial charge in [-0.2, -0.15) is 0 Å². The van der Waals surface area contributed by atoms with Crippen LogP contribution >= 0.6 is 0 Å². The van der Waals surface area contributed by atoms with Crippen LogP contribution in [0.1, 0.15) is 79.6 Å². The lowest BCUT2D eigenvalue weighted by Gasteiger charge is -2.23. The molecule has 7 nitrogen and oxygen atoms in total. The lowest BCUT2D eigenvalue weighted by atomic mass is 9.89. The highest BCUT2D eigenvalue weighted by molar-refractivity contribution is 5.70. The van der Waals surface area contributed by atoms with E-state index < -0.39 is 24.3 Å². The Morgan fingerprint density at radius 1 is 1.04 bits per heavy atom. The number of ether oxygens (including phenoxy) is 2. The first-order chi connectivity index (χ1) is 12.7. The van der Waals surface area contributed by atoms with Crippen LogP contribution in [0.2, 0.25) is 0 Å². The van der Waals surface area contributed by atoms with E-state index in [1.54, 1.807) is 20.8 Å². The van der Waals surface area contributed by atoms with Gasteiger partial charge in [-0.25, -0.2) is 4.79 Å². The predicted molar refractivity (Wildman–Crippen MR) is 103 cm³/mol. The van der Waals surface area contributed by atoms with Crippen LogP contribution in [0.3, 0.4) is 0 Å². The molecule has 0 heterocycles. The fourth-order valence-corrected chi connectivity index (χ4v) is 2.80. The first-order valence-electron chi connectivity index (χ1n) is 10.0. The Labute approximate surface area is 163 Å². The number of hydrogen-bond donors (Lipinski definition) is 2. The molecule has 0 aliphatic carbocycles. The molecule has 0 aromatic heterocycles. The molecule has 0 saturated heterocycles. The summed E-state index contributed by atoms with van der Waals surface area (Å²) in [5.41, 5.74) is 0. The Morgan fingerprint density at radius 3 is 2.22 bits per heavy atom. The first-order valence-corrected chi connectivity index (χ1v) is 10.0. The van der Waals surface area contributed by atoms with Gasteiger partial charge in [0.2, 0.25) is 0 Å². The zero-order chi connectivity index (χ0) is 20.8. The SMILES string of the molecule is CCCCC[C@@H](C)C[C@H](CNC(=O)O[C@H](OC(=O)CC)C(C)C)CC(=O)O. The fourth-order valence-electron chi connectivity index (χ4n) is 2.80. The van der Waals surface area contributed by atoms with Crippen molar-refractivity contribution in [3.63, 3.8) is 0 Å². The van der Waals surface area contributed by atoms with E-state index in [1.165, 1.54) is 6.42 Å². The normalized spacial score (nSPS) is 14.3. The summed E-state index contributed by atoms with van der Waals surface area (Å²) in [4.78, 5) is 34.6. The standard InChI is InChI=1S/C20H37NO6/c1-6-8-9-10-15(5)11-16(12-17(22)23)13-21-20(25)27-19(14(3)4)26-18(24)7-2/h14-16,19H,6-13H2,1-5H3,(H,21,25)(H,22,23)/t15-,16+,19+/m1/s1. The number of amides is 1. The number of hydrogen-bond acceptors (Lipinski definition) is 5. The molecule has 0 aliphatic heterocycles. The Hall–Kier alpha value is -1.79. The zero-order valence-corrected chi connectivity index (χ0v) is 17.5. The van der Waals surface area contributed by atoms with E-state index >= 15 is 0 Å². The van der Waals surface area contributed by atoms with Crippen molar-refractivity contribution in [2.75, 3.05) is 6.54 Å². The van der Waals surface area contributed by atoms with Crippen LogP contribution in [-0.4, -0.2) is 36.0 Å². The second kappa shape index (κ2) is 14.3. The summed E-state index contributed by atoms with van der Waals surface area (Å²) in [6.07, 6.45) is 3.78. The first kappa shape index (κ1) is 25.2. The van der Waals surface area contributed by atoms with Crippen molar-refractivity contribution >= 4 is 18.0 Å². The quantitative estimate of drug-likeness (QED) is 0.261. The highest BCUT2D eigenvalue weighted by Crippen LogP contribution is 2.21. The molecular weight excluding hydrogens is 350 g/mol. The molecule has 0 aromatic carbocycles. The van der Waals surface area contributed by atoms with Gasteiger partial charge in [0.1, 0.15) is 0 Å². The van der Waals surface area contributed by atoms with E-state index in [-0.39, 0.29) is 31.2 Å². The van der Waals surface area contributed by atoms with Crippen LogP contribution in [0.4, 0.5) is 4.79 Å². The van der Waals surface area contributed by atoms with Gasteiger partial charge in [0, 0.05) is 25.3 Å². The molecule has 0 fully saturated rings. The monoisotopic (exact) mass is 387 g/mol. The van der Waals surface area contributed by atoms with Gasteiger partial charge in [0.15, 0.2) is 0 Å². The van der Waals surface area contributed by atoms with Crippen molar-refractivity contribution in [3.8, 4) is 0 Å². The molecule has 0 spiro atoms. The van der Waals surface area contributed by atoms with Crippen molar-refractivity contribution in [2.45, 2.75) is 85.9 Å². The van der Waals surface area contributed by atoms with Gasteiger partial charge in [-0.15, -0.1) is 0 Å². The number of esters is 1. The largest absolute Gasteiger partial charge is 0.481 e. The molecule has 0 rings (SSSR count). The molecule has 0 bridgehead atoms. The number of alkyl carbamates (subject to hydrolysis) is 1.